The van der Waals surface area contributed by atoms with E-state index in [0.717, 1.165) is 6.42 Å². The Balaban J connectivity index is 2.15. The van der Waals surface area contributed by atoms with Gasteiger partial charge in [0.1, 0.15) is 0 Å². The molecule has 0 aromatic heterocycles. The van der Waals surface area contributed by atoms with E-state index in [1.54, 1.807) is 0 Å². The third-order valence-corrected chi connectivity index (χ3v) is 3.90. The second-order valence-corrected chi connectivity index (χ2v) is 6.40. The molecule has 1 nitrogen and oxygen atoms in total. The fraction of sp³-hybridized carbons (Fsp3) is 0.400. The van der Waals surface area contributed by atoms with Crippen molar-refractivity contribution in [3.63, 3.8) is 0 Å². The number of hydrogen-bond acceptors (Lipinski definition) is 1. The Kier molecular flexibility index (Phi) is 5.58. The summed E-state index contributed by atoms with van der Waals surface area (Å²) in [6.07, 6.45) is 1.15. The molecule has 0 saturated carbocycles. The molecule has 0 radical (unpaired) electrons. The monoisotopic (exact) mass is 281 g/mol. The fourth-order valence-electron chi connectivity index (χ4n) is 2.79. The highest BCUT2D eigenvalue weighted by atomic mass is 14.9. The first-order chi connectivity index (χ1) is 10.1. The van der Waals surface area contributed by atoms with Gasteiger partial charge in [0, 0.05) is 12.1 Å². The van der Waals surface area contributed by atoms with Gasteiger partial charge in [-0.1, -0.05) is 74.0 Å². The zero-order valence-electron chi connectivity index (χ0n) is 13.6. The minimum absolute atomic E-state index is 0.355. The van der Waals surface area contributed by atoms with E-state index < -0.39 is 0 Å². The van der Waals surface area contributed by atoms with Gasteiger partial charge >= 0.3 is 0 Å². The molecular formula is C20H27N. The Hall–Kier alpha value is -1.60. The second kappa shape index (κ2) is 7.42. The van der Waals surface area contributed by atoms with Crippen molar-refractivity contribution in [2.75, 3.05) is 0 Å². The van der Waals surface area contributed by atoms with E-state index >= 15 is 0 Å². The largest absolute Gasteiger partial charge is 0.303 e. The van der Waals surface area contributed by atoms with Crippen molar-refractivity contribution in [2.24, 2.45) is 5.92 Å². The quantitative estimate of drug-likeness (QED) is 0.744. The van der Waals surface area contributed by atoms with Gasteiger partial charge in [-0.2, -0.15) is 0 Å². The Bertz CT molecular complexity index is 545. The summed E-state index contributed by atoms with van der Waals surface area (Å²) in [4.78, 5) is 0. The van der Waals surface area contributed by atoms with Crippen LogP contribution in [0.1, 0.15) is 56.0 Å². The van der Waals surface area contributed by atoms with E-state index in [1.165, 1.54) is 16.7 Å². The summed E-state index contributed by atoms with van der Waals surface area (Å²) in [5, 5.41) is 3.81. The van der Waals surface area contributed by atoms with Gasteiger partial charge in [-0.15, -0.1) is 0 Å². The van der Waals surface area contributed by atoms with Crippen LogP contribution in [-0.2, 0) is 0 Å². The molecule has 2 aromatic carbocycles. The minimum Gasteiger partial charge on any atom is -0.303 e. The van der Waals surface area contributed by atoms with E-state index in [2.05, 4.69) is 87.6 Å². The Morgan fingerprint density at radius 2 is 1.52 bits per heavy atom. The van der Waals surface area contributed by atoms with Crippen molar-refractivity contribution < 1.29 is 0 Å². The van der Waals surface area contributed by atoms with E-state index in [-0.39, 0.29) is 0 Å². The molecule has 0 fully saturated rings. The van der Waals surface area contributed by atoms with Crippen molar-refractivity contribution in [2.45, 2.75) is 46.2 Å². The van der Waals surface area contributed by atoms with Crippen LogP contribution in [-0.4, -0.2) is 0 Å². The summed E-state index contributed by atoms with van der Waals surface area (Å²) >= 11 is 0. The summed E-state index contributed by atoms with van der Waals surface area (Å²) in [6, 6.07) is 20.3. The molecule has 0 bridgehead atoms. The topological polar surface area (TPSA) is 12.0 Å². The highest BCUT2D eigenvalue weighted by Crippen LogP contribution is 2.25. The molecular weight excluding hydrogens is 254 g/mol. The van der Waals surface area contributed by atoms with Gasteiger partial charge in [0.25, 0.3) is 0 Å². The Labute approximate surface area is 129 Å². The van der Waals surface area contributed by atoms with Crippen molar-refractivity contribution in [3.8, 4) is 0 Å². The molecule has 2 atom stereocenters. The molecule has 2 rings (SSSR count). The van der Waals surface area contributed by atoms with Crippen molar-refractivity contribution in [1.29, 1.82) is 0 Å². The molecule has 0 aliphatic rings. The summed E-state index contributed by atoms with van der Waals surface area (Å²) < 4.78 is 0. The molecule has 21 heavy (non-hydrogen) atoms. The number of aryl methyl sites for hydroxylation is 1. The molecule has 0 heterocycles. The lowest BCUT2D eigenvalue weighted by molar-refractivity contribution is 0.394. The molecule has 0 aliphatic heterocycles. The lowest BCUT2D eigenvalue weighted by atomic mass is 9.95. The number of benzene rings is 2. The zero-order chi connectivity index (χ0) is 15.2. The first-order valence-electron chi connectivity index (χ1n) is 7.94. The average Bonchev–Trinajstić information content (AvgIpc) is 2.47. The average molecular weight is 281 g/mol. The van der Waals surface area contributed by atoms with Crippen LogP contribution in [0.3, 0.4) is 0 Å². The Morgan fingerprint density at radius 3 is 2.14 bits per heavy atom. The molecule has 0 amide bonds. The zero-order valence-corrected chi connectivity index (χ0v) is 13.6. The standard InChI is InChI=1S/C20H27N/c1-15(2)13-20(18-10-6-5-7-11-18)21-17(4)19-12-8-9-16(3)14-19/h5-12,14-15,17,20-21H,13H2,1-4H3/t17-,20?/m0/s1. The predicted molar refractivity (Wildman–Crippen MR) is 91.4 cm³/mol. The van der Waals surface area contributed by atoms with Crippen molar-refractivity contribution >= 4 is 0 Å². The van der Waals surface area contributed by atoms with Gasteiger partial charge < -0.3 is 5.32 Å². The number of nitrogens with one attached hydrogen (secondary N) is 1. The van der Waals surface area contributed by atoms with E-state index in [4.69, 9.17) is 0 Å². The number of hydrogen-bond donors (Lipinski definition) is 1. The normalized spacial score (nSPS) is 14.1. The van der Waals surface area contributed by atoms with Crippen LogP contribution in [0.15, 0.2) is 54.6 Å². The SMILES string of the molecule is Cc1cccc([C@H](C)NC(CC(C)C)c2ccccc2)c1. The van der Waals surface area contributed by atoms with Crippen LogP contribution < -0.4 is 5.32 Å². The fourth-order valence-corrected chi connectivity index (χ4v) is 2.79. The van der Waals surface area contributed by atoms with Crippen LogP contribution in [0.25, 0.3) is 0 Å². The smallest absolute Gasteiger partial charge is 0.0328 e. The Morgan fingerprint density at radius 1 is 0.857 bits per heavy atom. The summed E-state index contributed by atoms with van der Waals surface area (Å²) in [5.41, 5.74) is 4.06. The van der Waals surface area contributed by atoms with Crippen molar-refractivity contribution in [1.82, 2.24) is 5.32 Å². The molecule has 0 aliphatic carbocycles. The maximum atomic E-state index is 3.81. The third-order valence-electron chi connectivity index (χ3n) is 3.90. The van der Waals surface area contributed by atoms with E-state index in [0.29, 0.717) is 18.0 Å². The molecule has 1 N–H and O–H groups in total. The molecule has 1 unspecified atom stereocenters. The molecule has 2 aromatic rings. The maximum Gasteiger partial charge on any atom is 0.0328 e. The van der Waals surface area contributed by atoms with E-state index in [9.17, 15) is 0 Å². The van der Waals surface area contributed by atoms with Gasteiger partial charge in [0.05, 0.1) is 0 Å². The maximum absolute atomic E-state index is 3.81. The number of rotatable bonds is 6. The van der Waals surface area contributed by atoms with Crippen LogP contribution in [0.2, 0.25) is 0 Å². The highest BCUT2D eigenvalue weighted by molar-refractivity contribution is 5.26. The van der Waals surface area contributed by atoms with Crippen LogP contribution in [0.5, 0.6) is 0 Å². The van der Waals surface area contributed by atoms with Crippen molar-refractivity contribution in [3.05, 3.63) is 71.3 Å². The molecule has 0 saturated heterocycles. The molecule has 112 valence electrons. The predicted octanol–water partition coefficient (Wildman–Crippen LogP) is 5.43. The van der Waals surface area contributed by atoms with Crippen LogP contribution in [0.4, 0.5) is 0 Å². The third kappa shape index (κ3) is 4.71. The minimum atomic E-state index is 0.355. The first-order valence-corrected chi connectivity index (χ1v) is 7.94. The lowest BCUT2D eigenvalue weighted by Crippen LogP contribution is -2.26. The van der Waals surface area contributed by atoms with Gasteiger partial charge in [0.2, 0.25) is 0 Å². The molecule has 1 heteroatoms. The second-order valence-electron chi connectivity index (χ2n) is 6.40. The highest BCUT2D eigenvalue weighted by Gasteiger charge is 2.16. The lowest BCUT2D eigenvalue weighted by Gasteiger charge is -2.26. The first kappa shape index (κ1) is 15.8. The van der Waals surface area contributed by atoms with Gasteiger partial charge in [-0.05, 0) is 37.3 Å². The van der Waals surface area contributed by atoms with E-state index in [1.807, 2.05) is 0 Å². The summed E-state index contributed by atoms with van der Waals surface area (Å²) in [6.45, 7) is 8.98. The van der Waals surface area contributed by atoms with Crippen LogP contribution >= 0.6 is 0 Å². The summed E-state index contributed by atoms with van der Waals surface area (Å²) in [5.74, 6) is 0.674. The van der Waals surface area contributed by atoms with Gasteiger partial charge in [0.15, 0.2) is 0 Å². The van der Waals surface area contributed by atoms with Gasteiger partial charge in [-0.3, -0.25) is 0 Å². The summed E-state index contributed by atoms with van der Waals surface area (Å²) in [7, 11) is 0. The molecule has 0 spiro atoms. The van der Waals surface area contributed by atoms with Gasteiger partial charge in [-0.25, -0.2) is 0 Å². The van der Waals surface area contributed by atoms with Crippen LogP contribution in [0, 0.1) is 12.8 Å².